The average molecular weight is 502 g/mol. The van der Waals surface area contributed by atoms with Gasteiger partial charge >= 0.3 is 6.18 Å². The maximum atomic E-state index is 12.5. The van der Waals surface area contributed by atoms with Crippen molar-refractivity contribution in [2.24, 2.45) is 4.99 Å². The van der Waals surface area contributed by atoms with Crippen molar-refractivity contribution in [2.75, 3.05) is 32.9 Å². The highest BCUT2D eigenvalue weighted by atomic mass is 127. The van der Waals surface area contributed by atoms with Gasteiger partial charge in [-0.3, -0.25) is 9.89 Å². The van der Waals surface area contributed by atoms with E-state index in [0.29, 0.717) is 32.0 Å². The van der Waals surface area contributed by atoms with Crippen molar-refractivity contribution >= 4 is 41.7 Å². The van der Waals surface area contributed by atoms with E-state index in [2.05, 4.69) is 40.7 Å². The molecule has 1 heterocycles. The smallest absolute Gasteiger partial charge is 0.352 e. The number of rotatable bonds is 5. The van der Waals surface area contributed by atoms with Gasteiger partial charge in [0, 0.05) is 37.6 Å². The van der Waals surface area contributed by atoms with Gasteiger partial charge in [0.1, 0.15) is 0 Å². The first-order valence-electron chi connectivity index (χ1n) is 8.20. The van der Waals surface area contributed by atoms with Gasteiger partial charge in [0.15, 0.2) is 5.96 Å². The molecule has 0 bridgehead atoms. The third-order valence-electron chi connectivity index (χ3n) is 4.13. The summed E-state index contributed by atoms with van der Waals surface area (Å²) in [5.74, 6) is 0.617. The van der Waals surface area contributed by atoms with Crippen LogP contribution in [0.5, 0.6) is 0 Å². The fourth-order valence-corrected chi connectivity index (χ4v) is 3.62. The number of hydrogen-bond donors (Lipinski definition) is 2. The Morgan fingerprint density at radius 2 is 2.12 bits per heavy atom. The summed E-state index contributed by atoms with van der Waals surface area (Å²) in [7, 11) is 1.67. The van der Waals surface area contributed by atoms with Gasteiger partial charge < -0.3 is 10.6 Å². The van der Waals surface area contributed by atoms with Crippen molar-refractivity contribution in [1.29, 1.82) is 0 Å². The normalized spacial score (nSPS) is 18.5. The lowest BCUT2D eigenvalue weighted by atomic mass is 10.1. The van der Waals surface area contributed by atoms with Crippen LogP contribution in [0, 0.1) is 6.92 Å². The van der Waals surface area contributed by atoms with Crippen molar-refractivity contribution in [3.8, 4) is 0 Å². The Hall–Kier alpha value is -0.680. The number of halogens is 4. The Labute approximate surface area is 174 Å². The van der Waals surface area contributed by atoms with Crippen LogP contribution in [0.25, 0.3) is 0 Å². The highest BCUT2D eigenvalue weighted by molar-refractivity contribution is 14.0. The molecular weight excluding hydrogens is 476 g/mol. The molecule has 0 radical (unpaired) electrons. The van der Waals surface area contributed by atoms with Crippen LogP contribution in [0.4, 0.5) is 13.2 Å². The van der Waals surface area contributed by atoms with Crippen LogP contribution >= 0.6 is 35.7 Å². The number of nitrogens with zero attached hydrogens (tertiary/aromatic N) is 2. The number of aliphatic imine (C=N–C) groups is 1. The van der Waals surface area contributed by atoms with Crippen LogP contribution in [0.1, 0.15) is 17.5 Å². The van der Waals surface area contributed by atoms with Gasteiger partial charge in [0.25, 0.3) is 0 Å². The second kappa shape index (κ2) is 10.6. The van der Waals surface area contributed by atoms with Gasteiger partial charge in [-0.1, -0.05) is 12.1 Å². The lowest BCUT2D eigenvalue weighted by Gasteiger charge is -2.20. The zero-order valence-electron chi connectivity index (χ0n) is 15.2. The summed E-state index contributed by atoms with van der Waals surface area (Å²) in [5, 5.41) is 6.48. The minimum Gasteiger partial charge on any atom is -0.352 e. The van der Waals surface area contributed by atoms with Crippen LogP contribution < -0.4 is 10.6 Å². The Kier molecular flexibility index (Phi) is 9.53. The predicted octanol–water partition coefficient (Wildman–Crippen LogP) is 3.64. The van der Waals surface area contributed by atoms with E-state index in [0.717, 1.165) is 0 Å². The first kappa shape index (κ1) is 23.4. The molecular formula is C17H26F3IN4S. The molecule has 9 heteroatoms. The maximum absolute atomic E-state index is 12.5. The summed E-state index contributed by atoms with van der Waals surface area (Å²) in [6.07, 6.45) is -1.43. The summed E-state index contributed by atoms with van der Waals surface area (Å²) < 4.78 is 37.4. The van der Waals surface area contributed by atoms with E-state index < -0.39 is 12.7 Å². The Morgan fingerprint density at radius 3 is 2.73 bits per heavy atom. The van der Waals surface area contributed by atoms with Crippen molar-refractivity contribution in [1.82, 2.24) is 15.5 Å². The largest absolute Gasteiger partial charge is 0.401 e. The fraction of sp³-hybridized carbons (Fsp3) is 0.588. The van der Waals surface area contributed by atoms with E-state index in [1.54, 1.807) is 18.8 Å². The molecule has 2 rings (SSSR count). The van der Waals surface area contributed by atoms with Crippen LogP contribution in [0.2, 0.25) is 0 Å². The molecule has 1 atom stereocenters. The summed E-state index contributed by atoms with van der Waals surface area (Å²) in [6.45, 7) is 2.65. The van der Waals surface area contributed by atoms with E-state index in [4.69, 9.17) is 0 Å². The van der Waals surface area contributed by atoms with Crippen molar-refractivity contribution < 1.29 is 13.2 Å². The number of alkyl halides is 3. The minimum absolute atomic E-state index is 0. The third kappa shape index (κ3) is 7.51. The second-order valence-electron chi connectivity index (χ2n) is 6.22. The molecule has 0 aliphatic carbocycles. The number of nitrogens with one attached hydrogen (secondary N) is 2. The van der Waals surface area contributed by atoms with Crippen molar-refractivity contribution in [3.63, 3.8) is 0 Å². The standard InChI is InChI=1S/C17H25F3N4S.HI/c1-12-4-5-13(15(8-12)25-3)9-22-16(21-2)23-14-6-7-24(10-14)11-17(18,19)20;/h4-5,8,14H,6-7,9-11H2,1-3H3,(H2,21,22,23);1H. The van der Waals surface area contributed by atoms with Crippen LogP contribution in [-0.2, 0) is 6.54 Å². The molecule has 1 unspecified atom stereocenters. The molecule has 1 saturated heterocycles. The van der Waals surface area contributed by atoms with E-state index in [-0.39, 0.29) is 30.0 Å². The topological polar surface area (TPSA) is 39.7 Å². The molecule has 0 saturated carbocycles. The number of guanidine groups is 1. The third-order valence-corrected chi connectivity index (χ3v) is 4.95. The van der Waals surface area contributed by atoms with Crippen LogP contribution in [0.15, 0.2) is 28.1 Å². The molecule has 26 heavy (non-hydrogen) atoms. The van der Waals surface area contributed by atoms with Gasteiger partial charge in [-0.25, -0.2) is 0 Å². The fourth-order valence-electron chi connectivity index (χ4n) is 2.91. The Bertz CT molecular complexity index is 610. The molecule has 0 spiro atoms. The molecule has 1 aliphatic rings. The van der Waals surface area contributed by atoms with Gasteiger partial charge in [-0.05, 0) is 36.8 Å². The number of thioether (sulfide) groups is 1. The quantitative estimate of drug-likeness (QED) is 0.279. The Morgan fingerprint density at radius 1 is 1.38 bits per heavy atom. The minimum atomic E-state index is -4.14. The molecule has 0 amide bonds. The molecule has 1 fully saturated rings. The van der Waals surface area contributed by atoms with E-state index >= 15 is 0 Å². The van der Waals surface area contributed by atoms with Crippen LogP contribution in [0.3, 0.4) is 0 Å². The molecule has 4 nitrogen and oxygen atoms in total. The molecule has 2 N–H and O–H groups in total. The first-order chi connectivity index (χ1) is 11.8. The highest BCUT2D eigenvalue weighted by Gasteiger charge is 2.34. The predicted molar refractivity (Wildman–Crippen MR) is 113 cm³/mol. The number of likely N-dealkylation sites (tertiary alicyclic amines) is 1. The number of hydrogen-bond acceptors (Lipinski definition) is 3. The van der Waals surface area contributed by atoms with Gasteiger partial charge in [0.05, 0.1) is 6.54 Å². The molecule has 1 aromatic carbocycles. The van der Waals surface area contributed by atoms with Crippen molar-refractivity contribution in [3.05, 3.63) is 29.3 Å². The van der Waals surface area contributed by atoms with E-state index in [1.807, 2.05) is 6.26 Å². The zero-order chi connectivity index (χ0) is 18.4. The van der Waals surface area contributed by atoms with E-state index in [1.165, 1.54) is 20.9 Å². The van der Waals surface area contributed by atoms with Crippen molar-refractivity contribution in [2.45, 2.75) is 37.0 Å². The highest BCUT2D eigenvalue weighted by Crippen LogP contribution is 2.22. The molecule has 1 aromatic rings. The molecule has 148 valence electrons. The zero-order valence-corrected chi connectivity index (χ0v) is 18.3. The second-order valence-corrected chi connectivity index (χ2v) is 7.07. The Balaban J connectivity index is 0.00000338. The first-order valence-corrected chi connectivity index (χ1v) is 9.43. The lowest BCUT2D eigenvalue weighted by Crippen LogP contribution is -2.45. The van der Waals surface area contributed by atoms with Crippen LogP contribution in [-0.4, -0.2) is 56.0 Å². The maximum Gasteiger partial charge on any atom is 0.401 e. The SMILES string of the molecule is CN=C(NCc1ccc(C)cc1SC)NC1CCN(CC(F)(F)F)C1.I. The van der Waals surface area contributed by atoms with E-state index in [9.17, 15) is 13.2 Å². The number of aryl methyl sites for hydroxylation is 1. The summed E-state index contributed by atoms with van der Waals surface area (Å²) in [6, 6.07) is 6.27. The lowest BCUT2D eigenvalue weighted by molar-refractivity contribution is -0.143. The number of benzene rings is 1. The van der Waals surface area contributed by atoms with Gasteiger partial charge in [0.2, 0.25) is 0 Å². The monoisotopic (exact) mass is 502 g/mol. The summed E-state index contributed by atoms with van der Waals surface area (Å²) in [5.41, 5.74) is 2.39. The summed E-state index contributed by atoms with van der Waals surface area (Å²) >= 11 is 1.69. The molecule has 0 aromatic heterocycles. The van der Waals surface area contributed by atoms with Gasteiger partial charge in [-0.2, -0.15) is 13.2 Å². The average Bonchev–Trinajstić information content (AvgIpc) is 2.97. The van der Waals surface area contributed by atoms with Gasteiger partial charge in [-0.15, -0.1) is 35.7 Å². The summed E-state index contributed by atoms with van der Waals surface area (Å²) in [4.78, 5) is 6.82. The molecule has 1 aliphatic heterocycles.